The lowest BCUT2D eigenvalue weighted by Crippen LogP contribution is -2.30. The molecule has 0 aromatic heterocycles. The fourth-order valence-corrected chi connectivity index (χ4v) is 0.970. The van der Waals surface area contributed by atoms with Crippen LogP contribution in [0.25, 0.3) is 0 Å². The van der Waals surface area contributed by atoms with Gasteiger partial charge in [0.2, 0.25) is 0 Å². The molecule has 0 saturated heterocycles. The van der Waals surface area contributed by atoms with Crippen LogP contribution in [0.2, 0.25) is 0 Å². The van der Waals surface area contributed by atoms with E-state index in [2.05, 4.69) is 4.74 Å². The second-order valence-corrected chi connectivity index (χ2v) is 3.23. The third-order valence-electron chi connectivity index (χ3n) is 1.89. The van der Waals surface area contributed by atoms with Crippen LogP contribution in [0.15, 0.2) is 24.3 Å². The normalized spacial score (nSPS) is 11.7. The van der Waals surface area contributed by atoms with Gasteiger partial charge in [-0.3, -0.25) is 0 Å². The Balaban J connectivity index is 2.70. The molecule has 1 aromatic carbocycles. The molecule has 0 aliphatic rings. The van der Waals surface area contributed by atoms with Gasteiger partial charge in [-0.1, -0.05) is 0 Å². The molecule has 0 spiro atoms. The van der Waals surface area contributed by atoms with Crippen LogP contribution in [0.3, 0.4) is 0 Å². The van der Waals surface area contributed by atoms with Crippen molar-refractivity contribution in [3.8, 4) is 5.75 Å². The third-order valence-corrected chi connectivity index (χ3v) is 1.89. The fourth-order valence-electron chi connectivity index (χ4n) is 0.970. The molecular formula is C11H13NO4. The Kier molecular flexibility index (Phi) is 4.02. The summed E-state index contributed by atoms with van der Waals surface area (Å²) in [4.78, 5) is 22.5. The molecule has 0 amide bonds. The minimum Gasteiger partial charge on any atom is -0.497 e. The van der Waals surface area contributed by atoms with Crippen molar-refractivity contribution in [3.05, 3.63) is 29.8 Å². The van der Waals surface area contributed by atoms with Gasteiger partial charge < -0.3 is 15.2 Å². The van der Waals surface area contributed by atoms with Gasteiger partial charge >= 0.3 is 11.9 Å². The Hall–Kier alpha value is -1.88. The molecule has 86 valence electrons. The van der Waals surface area contributed by atoms with Crippen molar-refractivity contribution in [2.24, 2.45) is 5.73 Å². The fraction of sp³-hybridized carbons (Fsp3) is 0.273. The van der Waals surface area contributed by atoms with E-state index < -0.39 is 18.0 Å². The van der Waals surface area contributed by atoms with E-state index >= 15 is 0 Å². The number of benzene rings is 1. The van der Waals surface area contributed by atoms with E-state index in [0.717, 1.165) is 0 Å². The van der Waals surface area contributed by atoms with Gasteiger partial charge in [-0.25, -0.2) is 9.59 Å². The van der Waals surface area contributed by atoms with E-state index in [-0.39, 0.29) is 5.56 Å². The summed E-state index contributed by atoms with van der Waals surface area (Å²) >= 11 is 0. The summed E-state index contributed by atoms with van der Waals surface area (Å²) < 4.78 is 9.46. The van der Waals surface area contributed by atoms with Crippen molar-refractivity contribution in [3.63, 3.8) is 0 Å². The number of rotatable bonds is 3. The monoisotopic (exact) mass is 223 g/mol. The molecule has 0 fully saturated rings. The quantitative estimate of drug-likeness (QED) is 0.603. The number of carbonyl (C=O) groups is 2. The Labute approximate surface area is 93.1 Å². The molecule has 0 bridgehead atoms. The van der Waals surface area contributed by atoms with Crippen molar-refractivity contribution < 1.29 is 19.1 Å². The molecule has 1 rings (SSSR count). The van der Waals surface area contributed by atoms with Gasteiger partial charge in [-0.2, -0.15) is 0 Å². The number of nitrogens with two attached hydrogens (primary N) is 1. The molecule has 5 nitrogen and oxygen atoms in total. The first-order valence-corrected chi connectivity index (χ1v) is 4.70. The van der Waals surface area contributed by atoms with Gasteiger partial charge in [0.05, 0.1) is 12.7 Å². The molecule has 5 heteroatoms. The minimum atomic E-state index is -0.817. The average Bonchev–Trinajstić information content (AvgIpc) is 2.28. The highest BCUT2D eigenvalue weighted by Gasteiger charge is 2.15. The molecule has 0 aliphatic heterocycles. The lowest BCUT2D eigenvalue weighted by Gasteiger charge is -2.05. The molecule has 1 atom stereocenters. The Morgan fingerprint density at radius 2 is 1.81 bits per heavy atom. The highest BCUT2D eigenvalue weighted by atomic mass is 16.6. The van der Waals surface area contributed by atoms with Gasteiger partial charge in [-0.05, 0) is 31.2 Å². The number of esters is 2. The summed E-state index contributed by atoms with van der Waals surface area (Å²) in [6, 6.07) is 5.41. The van der Waals surface area contributed by atoms with Crippen LogP contribution in [0, 0.1) is 0 Å². The van der Waals surface area contributed by atoms with Crippen molar-refractivity contribution in [2.45, 2.75) is 13.0 Å². The summed E-state index contributed by atoms with van der Waals surface area (Å²) in [5.41, 5.74) is 5.53. The largest absolute Gasteiger partial charge is 0.497 e. The Bertz CT molecular complexity index is 383. The van der Waals surface area contributed by atoms with Crippen LogP contribution in [0.4, 0.5) is 0 Å². The molecule has 0 unspecified atom stereocenters. The molecule has 16 heavy (non-hydrogen) atoms. The number of ether oxygens (including phenoxy) is 2. The van der Waals surface area contributed by atoms with Gasteiger partial charge in [-0.15, -0.1) is 0 Å². The van der Waals surface area contributed by atoms with Crippen molar-refractivity contribution in [1.29, 1.82) is 0 Å². The molecule has 0 saturated carbocycles. The zero-order chi connectivity index (χ0) is 12.1. The maximum absolute atomic E-state index is 11.4. The summed E-state index contributed by atoms with van der Waals surface area (Å²) in [6.07, 6.45) is 0. The van der Waals surface area contributed by atoms with E-state index in [1.807, 2.05) is 0 Å². The van der Waals surface area contributed by atoms with Crippen LogP contribution in [-0.2, 0) is 9.53 Å². The summed E-state index contributed by atoms with van der Waals surface area (Å²) in [5.74, 6) is -0.846. The van der Waals surface area contributed by atoms with Crippen LogP contribution in [0.1, 0.15) is 17.3 Å². The van der Waals surface area contributed by atoms with Crippen molar-refractivity contribution >= 4 is 11.9 Å². The number of hydrogen-bond acceptors (Lipinski definition) is 5. The number of methoxy groups -OCH3 is 1. The molecule has 2 N–H and O–H groups in total. The van der Waals surface area contributed by atoms with E-state index in [1.165, 1.54) is 26.2 Å². The van der Waals surface area contributed by atoms with Gasteiger partial charge in [0, 0.05) is 0 Å². The van der Waals surface area contributed by atoms with E-state index in [9.17, 15) is 9.59 Å². The standard InChI is InChI=1S/C11H13NO4/c1-7(12)10(13)16-11(14)8-3-5-9(15-2)6-4-8/h3-7H,12H2,1-2H3/t7-/m0/s1. The predicted molar refractivity (Wildman–Crippen MR) is 57.1 cm³/mol. The molecular weight excluding hydrogens is 210 g/mol. The Morgan fingerprint density at radius 1 is 1.25 bits per heavy atom. The van der Waals surface area contributed by atoms with Gasteiger partial charge in [0.1, 0.15) is 11.8 Å². The molecule has 1 aromatic rings. The zero-order valence-corrected chi connectivity index (χ0v) is 9.10. The van der Waals surface area contributed by atoms with Crippen LogP contribution in [0.5, 0.6) is 5.75 Å². The van der Waals surface area contributed by atoms with E-state index in [1.54, 1.807) is 12.1 Å². The lowest BCUT2D eigenvalue weighted by molar-refractivity contribution is -0.139. The van der Waals surface area contributed by atoms with Gasteiger partial charge in [0.25, 0.3) is 0 Å². The van der Waals surface area contributed by atoms with Crippen LogP contribution < -0.4 is 10.5 Å². The summed E-state index contributed by atoms with van der Waals surface area (Å²) in [7, 11) is 1.52. The first-order valence-electron chi connectivity index (χ1n) is 4.70. The minimum absolute atomic E-state index is 0.273. The summed E-state index contributed by atoms with van der Waals surface area (Å²) in [5, 5.41) is 0. The molecule has 0 radical (unpaired) electrons. The highest BCUT2D eigenvalue weighted by molar-refractivity contribution is 5.97. The first-order chi connectivity index (χ1) is 7.54. The van der Waals surface area contributed by atoms with E-state index in [0.29, 0.717) is 5.75 Å². The second kappa shape index (κ2) is 5.27. The molecule has 0 heterocycles. The second-order valence-electron chi connectivity index (χ2n) is 3.23. The third kappa shape index (κ3) is 3.06. The van der Waals surface area contributed by atoms with Gasteiger partial charge in [0.15, 0.2) is 0 Å². The van der Waals surface area contributed by atoms with Crippen LogP contribution >= 0.6 is 0 Å². The topological polar surface area (TPSA) is 78.6 Å². The SMILES string of the molecule is COc1ccc(C(=O)OC(=O)[C@H](C)N)cc1. The maximum atomic E-state index is 11.4. The van der Waals surface area contributed by atoms with Crippen LogP contribution in [-0.4, -0.2) is 25.1 Å². The smallest absolute Gasteiger partial charge is 0.345 e. The Morgan fingerprint density at radius 3 is 2.25 bits per heavy atom. The average molecular weight is 223 g/mol. The summed E-state index contributed by atoms with van der Waals surface area (Å²) in [6.45, 7) is 1.45. The number of carbonyl (C=O) groups excluding carboxylic acids is 2. The number of hydrogen-bond donors (Lipinski definition) is 1. The highest BCUT2D eigenvalue weighted by Crippen LogP contribution is 2.12. The maximum Gasteiger partial charge on any atom is 0.345 e. The van der Waals surface area contributed by atoms with E-state index in [4.69, 9.17) is 10.5 Å². The molecule has 0 aliphatic carbocycles. The zero-order valence-electron chi connectivity index (χ0n) is 9.10. The first kappa shape index (κ1) is 12.2. The lowest BCUT2D eigenvalue weighted by atomic mass is 10.2. The van der Waals surface area contributed by atoms with Crippen molar-refractivity contribution in [2.75, 3.05) is 7.11 Å². The predicted octanol–water partition coefficient (Wildman–Crippen LogP) is 0.726. The van der Waals surface area contributed by atoms with Crippen molar-refractivity contribution in [1.82, 2.24) is 0 Å².